The summed E-state index contributed by atoms with van der Waals surface area (Å²) in [6.07, 6.45) is 1.71. The van der Waals surface area contributed by atoms with Crippen molar-refractivity contribution in [3.05, 3.63) is 71.5 Å². The molecule has 1 N–H and O–H groups in total. The first kappa shape index (κ1) is 14.6. The molecule has 0 aliphatic carbocycles. The maximum atomic E-state index is 14.0. The number of carbonyl (C=O) groups is 1. The van der Waals surface area contributed by atoms with Gasteiger partial charge in [0.1, 0.15) is 5.82 Å². The Labute approximate surface area is 129 Å². The van der Waals surface area contributed by atoms with Gasteiger partial charge in [-0.25, -0.2) is 9.18 Å². The Morgan fingerprint density at radius 2 is 1.86 bits per heavy atom. The normalized spacial score (nSPS) is 17.5. The molecule has 0 spiro atoms. The number of amides is 2. The van der Waals surface area contributed by atoms with E-state index in [0.717, 1.165) is 18.4 Å². The van der Waals surface area contributed by atoms with E-state index in [1.54, 1.807) is 17.0 Å². The van der Waals surface area contributed by atoms with Crippen LogP contribution in [0, 0.1) is 5.82 Å². The van der Waals surface area contributed by atoms with Crippen LogP contribution < -0.4 is 5.32 Å². The van der Waals surface area contributed by atoms with E-state index < -0.39 is 0 Å². The predicted molar refractivity (Wildman–Crippen MR) is 83.8 cm³/mol. The molecule has 3 nitrogen and oxygen atoms in total. The number of benzene rings is 2. The van der Waals surface area contributed by atoms with Gasteiger partial charge in [0.05, 0.1) is 6.04 Å². The Hall–Kier alpha value is -2.36. The van der Waals surface area contributed by atoms with E-state index in [9.17, 15) is 9.18 Å². The molecule has 1 aliphatic heterocycles. The fourth-order valence-electron chi connectivity index (χ4n) is 2.95. The predicted octanol–water partition coefficient (Wildman–Crippen LogP) is 3.87. The molecule has 114 valence electrons. The van der Waals surface area contributed by atoms with Crippen LogP contribution in [0.2, 0.25) is 0 Å². The quantitative estimate of drug-likeness (QED) is 0.916. The Morgan fingerprint density at radius 3 is 2.64 bits per heavy atom. The Bertz CT molecular complexity index is 645. The molecule has 1 saturated heterocycles. The molecule has 2 aromatic carbocycles. The highest BCUT2D eigenvalue weighted by atomic mass is 19.1. The lowest BCUT2D eigenvalue weighted by Gasteiger charge is -2.25. The third kappa shape index (κ3) is 3.11. The van der Waals surface area contributed by atoms with E-state index in [0.29, 0.717) is 18.7 Å². The van der Waals surface area contributed by atoms with Gasteiger partial charge < -0.3 is 10.2 Å². The maximum Gasteiger partial charge on any atom is 0.318 e. The molecule has 2 amide bonds. The second-order valence-corrected chi connectivity index (χ2v) is 5.52. The molecule has 0 radical (unpaired) electrons. The number of hydrogen-bond acceptors (Lipinski definition) is 1. The minimum Gasteiger partial charge on any atom is -0.334 e. The summed E-state index contributed by atoms with van der Waals surface area (Å²) in [7, 11) is 0. The molecule has 2 aromatic rings. The van der Waals surface area contributed by atoms with Crippen LogP contribution in [-0.2, 0) is 6.54 Å². The number of nitrogens with zero attached hydrogens (tertiary/aromatic N) is 1. The SMILES string of the molecule is O=C(NCc1ccccc1)N1CCCC1c1ccccc1F. The van der Waals surface area contributed by atoms with Crippen molar-refractivity contribution < 1.29 is 9.18 Å². The number of carbonyl (C=O) groups excluding carboxylic acids is 1. The van der Waals surface area contributed by atoms with Gasteiger partial charge >= 0.3 is 6.03 Å². The van der Waals surface area contributed by atoms with Crippen molar-refractivity contribution >= 4 is 6.03 Å². The fourth-order valence-corrected chi connectivity index (χ4v) is 2.95. The van der Waals surface area contributed by atoms with E-state index in [1.165, 1.54) is 6.07 Å². The van der Waals surface area contributed by atoms with Crippen molar-refractivity contribution in [2.24, 2.45) is 0 Å². The van der Waals surface area contributed by atoms with Crippen molar-refractivity contribution in [3.8, 4) is 0 Å². The highest BCUT2D eigenvalue weighted by Crippen LogP contribution is 2.33. The largest absolute Gasteiger partial charge is 0.334 e. The fraction of sp³-hybridized carbons (Fsp3) is 0.278. The number of nitrogens with one attached hydrogen (secondary N) is 1. The average molecular weight is 298 g/mol. The third-order valence-corrected chi connectivity index (χ3v) is 4.06. The van der Waals surface area contributed by atoms with Crippen molar-refractivity contribution in [3.63, 3.8) is 0 Å². The number of hydrogen-bond donors (Lipinski definition) is 1. The summed E-state index contributed by atoms with van der Waals surface area (Å²) in [5, 5.41) is 2.92. The average Bonchev–Trinajstić information content (AvgIpc) is 3.03. The molecule has 1 unspecified atom stereocenters. The van der Waals surface area contributed by atoms with Gasteiger partial charge in [0.2, 0.25) is 0 Å². The topological polar surface area (TPSA) is 32.3 Å². The van der Waals surface area contributed by atoms with Crippen LogP contribution >= 0.6 is 0 Å². The van der Waals surface area contributed by atoms with Gasteiger partial charge in [0.15, 0.2) is 0 Å². The molecule has 22 heavy (non-hydrogen) atoms. The highest BCUT2D eigenvalue weighted by Gasteiger charge is 2.31. The lowest BCUT2D eigenvalue weighted by atomic mass is 10.0. The van der Waals surface area contributed by atoms with Crippen LogP contribution in [0.3, 0.4) is 0 Å². The standard InChI is InChI=1S/C18H19FN2O/c19-16-10-5-4-9-15(16)17-11-6-12-21(17)18(22)20-13-14-7-2-1-3-8-14/h1-5,7-10,17H,6,11-13H2,(H,20,22). The zero-order valence-corrected chi connectivity index (χ0v) is 12.3. The highest BCUT2D eigenvalue weighted by molar-refractivity contribution is 5.75. The molecule has 0 bridgehead atoms. The van der Waals surface area contributed by atoms with Gasteiger partial charge in [-0.3, -0.25) is 0 Å². The van der Waals surface area contributed by atoms with E-state index >= 15 is 0 Å². The van der Waals surface area contributed by atoms with Crippen molar-refractivity contribution in [2.75, 3.05) is 6.54 Å². The monoisotopic (exact) mass is 298 g/mol. The van der Waals surface area contributed by atoms with Gasteiger partial charge in [0.25, 0.3) is 0 Å². The molecule has 1 fully saturated rings. The van der Waals surface area contributed by atoms with Gasteiger partial charge in [-0.2, -0.15) is 0 Å². The summed E-state index contributed by atoms with van der Waals surface area (Å²) in [6.45, 7) is 1.15. The van der Waals surface area contributed by atoms with E-state index in [-0.39, 0.29) is 17.9 Å². The van der Waals surface area contributed by atoms with Crippen molar-refractivity contribution in [1.82, 2.24) is 10.2 Å². The summed E-state index contributed by atoms with van der Waals surface area (Å²) in [5.41, 5.74) is 1.66. The Morgan fingerprint density at radius 1 is 1.14 bits per heavy atom. The van der Waals surface area contributed by atoms with E-state index in [4.69, 9.17) is 0 Å². The Kier molecular flexibility index (Phi) is 4.37. The van der Waals surface area contributed by atoms with Gasteiger partial charge in [-0.15, -0.1) is 0 Å². The van der Waals surface area contributed by atoms with E-state index in [2.05, 4.69) is 5.32 Å². The second kappa shape index (κ2) is 6.60. The number of urea groups is 1. The zero-order valence-electron chi connectivity index (χ0n) is 12.3. The van der Waals surface area contributed by atoms with Crippen LogP contribution in [0.15, 0.2) is 54.6 Å². The second-order valence-electron chi connectivity index (χ2n) is 5.52. The van der Waals surface area contributed by atoms with Gasteiger partial charge in [-0.1, -0.05) is 48.5 Å². The number of rotatable bonds is 3. The van der Waals surface area contributed by atoms with Crippen LogP contribution in [0.1, 0.15) is 30.0 Å². The zero-order chi connectivity index (χ0) is 15.4. The molecule has 0 saturated carbocycles. The van der Waals surface area contributed by atoms with Crippen LogP contribution in [0.25, 0.3) is 0 Å². The Balaban J connectivity index is 1.68. The van der Waals surface area contributed by atoms with Crippen molar-refractivity contribution in [1.29, 1.82) is 0 Å². The molecule has 3 rings (SSSR count). The summed E-state index contributed by atoms with van der Waals surface area (Å²) >= 11 is 0. The van der Waals surface area contributed by atoms with Crippen LogP contribution in [0.5, 0.6) is 0 Å². The third-order valence-electron chi connectivity index (χ3n) is 4.06. The molecule has 1 heterocycles. The minimum absolute atomic E-state index is 0.130. The minimum atomic E-state index is -0.241. The molecular formula is C18H19FN2O. The number of halogens is 1. The summed E-state index contributed by atoms with van der Waals surface area (Å²) < 4.78 is 14.0. The van der Waals surface area contributed by atoms with E-state index in [1.807, 2.05) is 36.4 Å². The first-order chi connectivity index (χ1) is 10.8. The molecule has 1 aliphatic rings. The molecule has 4 heteroatoms. The molecule has 1 atom stereocenters. The summed E-state index contributed by atoms with van der Waals surface area (Å²) in [4.78, 5) is 14.1. The summed E-state index contributed by atoms with van der Waals surface area (Å²) in [5.74, 6) is -0.241. The number of likely N-dealkylation sites (tertiary alicyclic amines) is 1. The first-order valence-corrected chi connectivity index (χ1v) is 7.58. The lowest BCUT2D eigenvalue weighted by Crippen LogP contribution is -2.39. The maximum absolute atomic E-state index is 14.0. The van der Waals surface area contributed by atoms with Crippen LogP contribution in [0.4, 0.5) is 9.18 Å². The van der Waals surface area contributed by atoms with Gasteiger partial charge in [0, 0.05) is 18.7 Å². The first-order valence-electron chi connectivity index (χ1n) is 7.58. The molecule has 0 aromatic heterocycles. The smallest absolute Gasteiger partial charge is 0.318 e. The molecular weight excluding hydrogens is 279 g/mol. The summed E-state index contributed by atoms with van der Waals surface area (Å²) in [6, 6.07) is 16.2. The van der Waals surface area contributed by atoms with Gasteiger partial charge in [-0.05, 0) is 24.5 Å². The van der Waals surface area contributed by atoms with Crippen molar-refractivity contribution in [2.45, 2.75) is 25.4 Å². The van der Waals surface area contributed by atoms with Crippen LogP contribution in [-0.4, -0.2) is 17.5 Å². The lowest BCUT2D eigenvalue weighted by molar-refractivity contribution is 0.191.